The smallest absolute Gasteiger partial charge is 0.258 e. The van der Waals surface area contributed by atoms with Crippen LogP contribution >= 0.6 is 11.8 Å². The Morgan fingerprint density at radius 1 is 1.32 bits per heavy atom. The van der Waals surface area contributed by atoms with Crippen LogP contribution in [0, 0.1) is 6.92 Å². The van der Waals surface area contributed by atoms with E-state index in [1.807, 2.05) is 44.3 Å². The summed E-state index contributed by atoms with van der Waals surface area (Å²) in [5.41, 5.74) is 1.35. The fourth-order valence-electron chi connectivity index (χ4n) is 2.45. The maximum absolute atomic E-state index is 12.9. The highest BCUT2D eigenvalue weighted by molar-refractivity contribution is 7.99. The van der Waals surface area contributed by atoms with Gasteiger partial charge in [0, 0.05) is 32.0 Å². The quantitative estimate of drug-likeness (QED) is 0.722. The van der Waals surface area contributed by atoms with E-state index in [-0.39, 0.29) is 5.91 Å². The lowest BCUT2D eigenvalue weighted by atomic mass is 10.2. The lowest BCUT2D eigenvalue weighted by Crippen LogP contribution is -2.29. The van der Waals surface area contributed by atoms with Gasteiger partial charge in [0.1, 0.15) is 5.03 Å². The van der Waals surface area contributed by atoms with Crippen molar-refractivity contribution < 1.29 is 4.79 Å². The van der Waals surface area contributed by atoms with Gasteiger partial charge in [-0.3, -0.25) is 9.48 Å². The van der Waals surface area contributed by atoms with Gasteiger partial charge in [0.25, 0.3) is 5.91 Å². The van der Waals surface area contributed by atoms with Gasteiger partial charge in [0.15, 0.2) is 5.82 Å². The molecule has 0 aliphatic rings. The Bertz CT molecular complexity index is 845. The van der Waals surface area contributed by atoms with Gasteiger partial charge in [-0.25, -0.2) is 0 Å². The molecule has 25 heavy (non-hydrogen) atoms. The number of amides is 1. The van der Waals surface area contributed by atoms with Gasteiger partial charge in [-0.2, -0.15) is 10.3 Å². The van der Waals surface area contributed by atoms with Gasteiger partial charge < -0.3 is 4.90 Å². The van der Waals surface area contributed by atoms with E-state index >= 15 is 0 Å². The third-order valence-electron chi connectivity index (χ3n) is 3.75. The number of benzene rings is 1. The second-order valence-corrected chi connectivity index (χ2v) is 6.67. The van der Waals surface area contributed by atoms with Crippen LogP contribution in [0.15, 0.2) is 40.3 Å². The van der Waals surface area contributed by atoms with E-state index in [0.717, 1.165) is 15.6 Å². The van der Waals surface area contributed by atoms with Crippen molar-refractivity contribution in [2.45, 2.75) is 23.3 Å². The van der Waals surface area contributed by atoms with Crippen LogP contribution in [0.5, 0.6) is 0 Å². The summed E-state index contributed by atoms with van der Waals surface area (Å²) >= 11 is 1.54. The molecule has 9 heteroatoms. The van der Waals surface area contributed by atoms with E-state index in [1.165, 1.54) is 11.8 Å². The zero-order valence-electron chi connectivity index (χ0n) is 14.3. The lowest BCUT2D eigenvalue weighted by molar-refractivity contribution is 0.0791. The summed E-state index contributed by atoms with van der Waals surface area (Å²) in [6.07, 6.45) is 0.541. The van der Waals surface area contributed by atoms with E-state index in [4.69, 9.17) is 0 Å². The minimum atomic E-state index is -0.0625. The van der Waals surface area contributed by atoms with Gasteiger partial charge in [-0.15, -0.1) is 10.2 Å². The standard InChI is InChI=1S/C16H19N7OS/c1-11-14(15(24)22(2)10-9-13-17-20-21-18-13)16(23(3)19-11)25-12-7-5-4-6-8-12/h4-8H,9-10H2,1-3H3,(H,17,18,20,21). The molecule has 8 nitrogen and oxygen atoms in total. The lowest BCUT2D eigenvalue weighted by Gasteiger charge is -2.17. The Morgan fingerprint density at radius 3 is 2.76 bits per heavy atom. The number of nitrogens with one attached hydrogen (secondary N) is 1. The van der Waals surface area contributed by atoms with Gasteiger partial charge >= 0.3 is 0 Å². The summed E-state index contributed by atoms with van der Waals surface area (Å²) in [6.45, 7) is 2.36. The SMILES string of the molecule is Cc1nn(C)c(Sc2ccccc2)c1C(=O)N(C)CCc1nn[nH]n1. The molecule has 0 unspecified atom stereocenters. The molecule has 1 amide bonds. The first-order valence-corrected chi connectivity index (χ1v) is 8.62. The summed E-state index contributed by atoms with van der Waals surface area (Å²) in [5, 5.41) is 19.0. The summed E-state index contributed by atoms with van der Waals surface area (Å²) in [4.78, 5) is 15.7. The summed E-state index contributed by atoms with van der Waals surface area (Å²) in [7, 11) is 3.63. The van der Waals surface area contributed by atoms with Crippen LogP contribution in [0.3, 0.4) is 0 Å². The number of rotatable bonds is 6. The molecule has 0 aliphatic carbocycles. The van der Waals surface area contributed by atoms with Gasteiger partial charge in [0.2, 0.25) is 0 Å². The van der Waals surface area contributed by atoms with Crippen molar-refractivity contribution in [2.75, 3.05) is 13.6 Å². The molecule has 3 rings (SSSR count). The third kappa shape index (κ3) is 3.87. The molecule has 0 atom stereocenters. The van der Waals surface area contributed by atoms with Crippen molar-refractivity contribution in [3.63, 3.8) is 0 Å². The Kier molecular flexibility index (Phi) is 5.13. The average molecular weight is 357 g/mol. The molecular weight excluding hydrogens is 338 g/mol. The topological polar surface area (TPSA) is 92.6 Å². The maximum Gasteiger partial charge on any atom is 0.258 e. The number of hydrogen-bond acceptors (Lipinski definition) is 6. The predicted molar refractivity (Wildman–Crippen MR) is 93.4 cm³/mol. The third-order valence-corrected chi connectivity index (χ3v) is 4.92. The molecule has 0 saturated carbocycles. The molecule has 2 heterocycles. The van der Waals surface area contributed by atoms with E-state index in [9.17, 15) is 4.79 Å². The maximum atomic E-state index is 12.9. The largest absolute Gasteiger partial charge is 0.341 e. The minimum Gasteiger partial charge on any atom is -0.341 e. The summed E-state index contributed by atoms with van der Waals surface area (Å²) in [6, 6.07) is 9.95. The molecule has 0 bridgehead atoms. The number of aromatic nitrogens is 6. The first kappa shape index (κ1) is 17.2. The van der Waals surface area contributed by atoms with E-state index in [2.05, 4.69) is 25.7 Å². The van der Waals surface area contributed by atoms with Crippen LogP contribution < -0.4 is 0 Å². The molecule has 0 spiro atoms. The minimum absolute atomic E-state index is 0.0625. The molecule has 0 fully saturated rings. The first-order chi connectivity index (χ1) is 12.1. The molecule has 0 aliphatic heterocycles. The summed E-state index contributed by atoms with van der Waals surface area (Å²) in [5.74, 6) is 0.522. The fraction of sp³-hybridized carbons (Fsp3) is 0.312. The van der Waals surface area contributed by atoms with Gasteiger partial charge in [-0.1, -0.05) is 35.2 Å². The molecule has 1 aromatic carbocycles. The molecule has 3 aromatic rings. The second kappa shape index (κ2) is 7.47. The van der Waals surface area contributed by atoms with Crippen LogP contribution in [0.2, 0.25) is 0 Å². The Morgan fingerprint density at radius 2 is 2.08 bits per heavy atom. The molecule has 130 valence electrons. The van der Waals surface area contributed by atoms with E-state index < -0.39 is 0 Å². The number of tetrazole rings is 1. The number of aromatic amines is 1. The highest BCUT2D eigenvalue weighted by Gasteiger charge is 2.24. The van der Waals surface area contributed by atoms with Crippen molar-refractivity contribution in [1.82, 2.24) is 35.3 Å². The molecule has 0 saturated heterocycles. The number of aryl methyl sites for hydroxylation is 2. The Labute approximate surface area is 149 Å². The number of H-pyrrole nitrogens is 1. The normalized spacial score (nSPS) is 10.8. The zero-order valence-corrected chi connectivity index (χ0v) is 15.1. The van der Waals surface area contributed by atoms with Crippen molar-refractivity contribution in [1.29, 1.82) is 0 Å². The van der Waals surface area contributed by atoms with Crippen LogP contribution in [-0.2, 0) is 13.5 Å². The Balaban J connectivity index is 1.79. The van der Waals surface area contributed by atoms with Crippen molar-refractivity contribution in [3.8, 4) is 0 Å². The highest BCUT2D eigenvalue weighted by atomic mass is 32.2. The van der Waals surface area contributed by atoms with Crippen LogP contribution in [-0.4, -0.2) is 54.8 Å². The van der Waals surface area contributed by atoms with Gasteiger partial charge in [-0.05, 0) is 19.1 Å². The molecule has 1 N–H and O–H groups in total. The van der Waals surface area contributed by atoms with Crippen molar-refractivity contribution in [2.24, 2.45) is 7.05 Å². The number of likely N-dealkylation sites (N-methyl/N-ethyl adjacent to an activating group) is 1. The number of carbonyl (C=O) groups excluding carboxylic acids is 1. The monoisotopic (exact) mass is 357 g/mol. The second-order valence-electron chi connectivity index (χ2n) is 5.61. The highest BCUT2D eigenvalue weighted by Crippen LogP contribution is 2.32. The van der Waals surface area contributed by atoms with Crippen LogP contribution in [0.1, 0.15) is 21.9 Å². The predicted octanol–water partition coefficient (Wildman–Crippen LogP) is 1.71. The number of nitrogens with zero attached hydrogens (tertiary/aromatic N) is 6. The fourth-order valence-corrected chi connectivity index (χ4v) is 3.48. The first-order valence-electron chi connectivity index (χ1n) is 7.80. The number of carbonyl (C=O) groups is 1. The van der Waals surface area contributed by atoms with Crippen LogP contribution in [0.4, 0.5) is 0 Å². The summed E-state index contributed by atoms with van der Waals surface area (Å²) < 4.78 is 1.76. The molecule has 0 radical (unpaired) electrons. The van der Waals surface area contributed by atoms with Crippen molar-refractivity contribution in [3.05, 3.63) is 47.4 Å². The average Bonchev–Trinajstić information content (AvgIpc) is 3.21. The molecular formula is C16H19N7OS. The van der Waals surface area contributed by atoms with E-state index in [1.54, 1.807) is 16.6 Å². The zero-order chi connectivity index (χ0) is 17.8. The van der Waals surface area contributed by atoms with E-state index in [0.29, 0.717) is 24.4 Å². The Hall–Kier alpha value is -2.68. The van der Waals surface area contributed by atoms with Crippen LogP contribution in [0.25, 0.3) is 0 Å². The molecule has 2 aromatic heterocycles. The number of hydrogen-bond donors (Lipinski definition) is 1. The van der Waals surface area contributed by atoms with Crippen molar-refractivity contribution >= 4 is 17.7 Å². The van der Waals surface area contributed by atoms with Gasteiger partial charge in [0.05, 0.1) is 11.3 Å².